The zero-order valence-electron chi connectivity index (χ0n) is 14.6. The van der Waals surface area contributed by atoms with Crippen LogP contribution in [0.2, 0.25) is 0 Å². The van der Waals surface area contributed by atoms with Gasteiger partial charge in [-0.2, -0.15) is 0 Å². The van der Waals surface area contributed by atoms with Gasteiger partial charge in [-0.25, -0.2) is 0 Å². The normalized spacial score (nSPS) is 10.4. The summed E-state index contributed by atoms with van der Waals surface area (Å²) < 4.78 is 21.2. The summed E-state index contributed by atoms with van der Waals surface area (Å²) in [7, 11) is 3.08. The van der Waals surface area contributed by atoms with E-state index in [0.717, 1.165) is 16.8 Å². The molecular weight excluding hydrogens is 312 g/mol. The maximum Gasteiger partial charge on any atom is 0.258 e. The van der Waals surface area contributed by atoms with Crippen LogP contribution in [0.5, 0.6) is 17.2 Å². The molecule has 0 atom stereocenters. The van der Waals surface area contributed by atoms with Crippen LogP contribution in [0, 0.1) is 20.8 Å². The second kappa shape index (κ2) is 7.72. The van der Waals surface area contributed by atoms with Crippen molar-refractivity contribution in [1.82, 2.24) is 10.5 Å². The standard InChI is InChI=1S/C17H22N2O5/c1-10-6-14(21-4)17(15(7-10)22-5)23-9-16(20)18-8-13-11(2)19-24-12(13)3/h6-7H,8-9H2,1-5H3,(H,18,20). The molecule has 0 aliphatic rings. The molecule has 0 spiro atoms. The van der Waals surface area contributed by atoms with E-state index in [2.05, 4.69) is 10.5 Å². The molecule has 0 fully saturated rings. The Kier molecular flexibility index (Phi) is 5.68. The molecule has 0 saturated heterocycles. The van der Waals surface area contributed by atoms with Gasteiger partial charge < -0.3 is 24.1 Å². The Morgan fingerprint density at radius 3 is 2.29 bits per heavy atom. The third kappa shape index (κ3) is 3.98. The second-order valence-electron chi connectivity index (χ2n) is 5.37. The molecule has 0 aliphatic heterocycles. The van der Waals surface area contributed by atoms with Crippen LogP contribution in [0.3, 0.4) is 0 Å². The van der Waals surface area contributed by atoms with Crippen molar-refractivity contribution in [3.63, 3.8) is 0 Å². The number of hydrogen-bond donors (Lipinski definition) is 1. The minimum atomic E-state index is -0.264. The predicted molar refractivity (Wildman–Crippen MR) is 87.6 cm³/mol. The van der Waals surface area contributed by atoms with Crippen molar-refractivity contribution in [3.05, 3.63) is 34.7 Å². The van der Waals surface area contributed by atoms with Crippen LogP contribution in [0.25, 0.3) is 0 Å². The van der Waals surface area contributed by atoms with Crippen LogP contribution in [0.1, 0.15) is 22.6 Å². The molecule has 130 valence electrons. The third-order valence-corrected chi connectivity index (χ3v) is 3.60. The Bertz CT molecular complexity index is 679. The SMILES string of the molecule is COc1cc(C)cc(OC)c1OCC(=O)NCc1c(C)noc1C. The highest BCUT2D eigenvalue weighted by molar-refractivity contribution is 5.77. The van der Waals surface area contributed by atoms with Gasteiger partial charge in [0, 0.05) is 12.1 Å². The number of nitrogens with zero attached hydrogens (tertiary/aromatic N) is 1. The Morgan fingerprint density at radius 2 is 1.79 bits per heavy atom. The van der Waals surface area contributed by atoms with E-state index in [1.54, 1.807) is 21.1 Å². The van der Waals surface area contributed by atoms with Crippen molar-refractivity contribution in [2.75, 3.05) is 20.8 Å². The quantitative estimate of drug-likeness (QED) is 0.837. The summed E-state index contributed by atoms with van der Waals surface area (Å²) in [6, 6.07) is 3.64. The number of nitrogens with one attached hydrogen (secondary N) is 1. The smallest absolute Gasteiger partial charge is 0.258 e. The fourth-order valence-electron chi connectivity index (χ4n) is 2.28. The van der Waals surface area contributed by atoms with Crippen LogP contribution in [-0.4, -0.2) is 31.9 Å². The zero-order valence-corrected chi connectivity index (χ0v) is 14.6. The molecule has 2 rings (SSSR count). The molecule has 1 heterocycles. The first kappa shape index (κ1) is 17.7. The molecule has 1 N–H and O–H groups in total. The number of hydrogen-bond acceptors (Lipinski definition) is 6. The van der Waals surface area contributed by atoms with E-state index >= 15 is 0 Å². The van der Waals surface area contributed by atoms with Crippen LogP contribution in [0.4, 0.5) is 0 Å². The number of ether oxygens (including phenoxy) is 3. The number of aryl methyl sites for hydroxylation is 3. The minimum Gasteiger partial charge on any atom is -0.493 e. The molecule has 0 unspecified atom stereocenters. The summed E-state index contributed by atoms with van der Waals surface area (Å²) in [5.74, 6) is 1.86. The minimum absolute atomic E-state index is 0.154. The van der Waals surface area contributed by atoms with Crippen LogP contribution in [0.15, 0.2) is 16.7 Å². The van der Waals surface area contributed by atoms with E-state index in [1.165, 1.54) is 0 Å². The molecule has 0 aliphatic carbocycles. The van der Waals surface area contributed by atoms with Gasteiger partial charge in [0.25, 0.3) is 5.91 Å². The van der Waals surface area contributed by atoms with Gasteiger partial charge in [0.2, 0.25) is 5.75 Å². The first-order valence-electron chi connectivity index (χ1n) is 7.50. The Hall–Kier alpha value is -2.70. The van der Waals surface area contributed by atoms with Crippen molar-refractivity contribution in [2.45, 2.75) is 27.3 Å². The van der Waals surface area contributed by atoms with Crippen LogP contribution < -0.4 is 19.5 Å². The summed E-state index contributed by atoms with van der Waals surface area (Å²) in [5, 5.41) is 6.63. The van der Waals surface area contributed by atoms with Gasteiger partial charge in [-0.15, -0.1) is 0 Å². The summed E-state index contributed by atoms with van der Waals surface area (Å²) in [6.45, 7) is 5.74. The van der Waals surface area contributed by atoms with Crippen molar-refractivity contribution < 1.29 is 23.5 Å². The molecular formula is C17H22N2O5. The van der Waals surface area contributed by atoms with E-state index in [4.69, 9.17) is 18.7 Å². The lowest BCUT2D eigenvalue weighted by molar-refractivity contribution is -0.123. The average molecular weight is 334 g/mol. The Labute approximate surface area is 140 Å². The van der Waals surface area contributed by atoms with E-state index in [1.807, 2.05) is 26.0 Å². The molecule has 0 saturated carbocycles. The fourth-order valence-corrected chi connectivity index (χ4v) is 2.28. The van der Waals surface area contributed by atoms with Crippen LogP contribution >= 0.6 is 0 Å². The molecule has 1 amide bonds. The molecule has 7 heteroatoms. The van der Waals surface area contributed by atoms with Gasteiger partial charge in [-0.1, -0.05) is 5.16 Å². The summed E-state index contributed by atoms with van der Waals surface area (Å²) >= 11 is 0. The van der Waals surface area contributed by atoms with E-state index in [0.29, 0.717) is 29.6 Å². The summed E-state index contributed by atoms with van der Waals surface area (Å²) in [6.07, 6.45) is 0. The van der Waals surface area contributed by atoms with E-state index in [9.17, 15) is 4.79 Å². The van der Waals surface area contributed by atoms with Gasteiger partial charge in [-0.3, -0.25) is 4.79 Å². The fraction of sp³-hybridized carbons (Fsp3) is 0.412. The zero-order chi connectivity index (χ0) is 17.7. The number of carbonyl (C=O) groups is 1. The third-order valence-electron chi connectivity index (χ3n) is 3.60. The second-order valence-corrected chi connectivity index (χ2v) is 5.37. The topological polar surface area (TPSA) is 82.8 Å². The highest BCUT2D eigenvalue weighted by Crippen LogP contribution is 2.38. The number of rotatable bonds is 7. The summed E-state index contributed by atoms with van der Waals surface area (Å²) in [5.41, 5.74) is 2.60. The van der Waals surface area contributed by atoms with E-state index in [-0.39, 0.29) is 12.5 Å². The Morgan fingerprint density at radius 1 is 1.17 bits per heavy atom. The van der Waals surface area contributed by atoms with Crippen molar-refractivity contribution in [1.29, 1.82) is 0 Å². The lowest BCUT2D eigenvalue weighted by Gasteiger charge is -2.15. The highest BCUT2D eigenvalue weighted by Gasteiger charge is 2.15. The van der Waals surface area contributed by atoms with Crippen molar-refractivity contribution >= 4 is 5.91 Å². The first-order chi connectivity index (χ1) is 11.5. The Balaban J connectivity index is 1.99. The molecule has 1 aromatic heterocycles. The number of carbonyl (C=O) groups excluding carboxylic acids is 1. The maximum atomic E-state index is 12.0. The predicted octanol–water partition coefficient (Wildman–Crippen LogP) is 2.31. The highest BCUT2D eigenvalue weighted by atomic mass is 16.5. The number of amides is 1. The number of aromatic nitrogens is 1. The molecule has 24 heavy (non-hydrogen) atoms. The maximum absolute atomic E-state index is 12.0. The van der Waals surface area contributed by atoms with E-state index < -0.39 is 0 Å². The summed E-state index contributed by atoms with van der Waals surface area (Å²) in [4.78, 5) is 12.0. The lowest BCUT2D eigenvalue weighted by Crippen LogP contribution is -2.28. The van der Waals surface area contributed by atoms with Crippen molar-refractivity contribution in [2.24, 2.45) is 0 Å². The van der Waals surface area contributed by atoms with Gasteiger partial charge in [0.1, 0.15) is 5.76 Å². The molecule has 1 aromatic carbocycles. The lowest BCUT2D eigenvalue weighted by atomic mass is 10.2. The van der Waals surface area contributed by atoms with Crippen molar-refractivity contribution in [3.8, 4) is 17.2 Å². The van der Waals surface area contributed by atoms with Gasteiger partial charge in [0.15, 0.2) is 18.1 Å². The molecule has 2 aromatic rings. The van der Waals surface area contributed by atoms with Crippen LogP contribution in [-0.2, 0) is 11.3 Å². The van der Waals surface area contributed by atoms with Gasteiger partial charge in [-0.05, 0) is 38.5 Å². The molecule has 0 radical (unpaired) electrons. The monoisotopic (exact) mass is 334 g/mol. The van der Waals surface area contributed by atoms with Gasteiger partial charge >= 0.3 is 0 Å². The number of benzene rings is 1. The molecule has 7 nitrogen and oxygen atoms in total. The van der Waals surface area contributed by atoms with Gasteiger partial charge in [0.05, 0.1) is 19.9 Å². The first-order valence-corrected chi connectivity index (χ1v) is 7.50. The average Bonchev–Trinajstić information content (AvgIpc) is 2.89. The molecule has 0 bridgehead atoms. The number of methoxy groups -OCH3 is 2. The largest absolute Gasteiger partial charge is 0.493 e.